The molecule has 0 bridgehead atoms. The van der Waals surface area contributed by atoms with Crippen LogP contribution >= 0.6 is 0 Å². The first-order valence-corrected chi connectivity index (χ1v) is 6.42. The van der Waals surface area contributed by atoms with E-state index in [2.05, 4.69) is 10.1 Å². The molecule has 98 valence electrons. The van der Waals surface area contributed by atoms with Gasteiger partial charge in [-0.05, 0) is 29.8 Å². The van der Waals surface area contributed by atoms with Crippen LogP contribution in [0.1, 0.15) is 5.56 Å². The Morgan fingerprint density at radius 2 is 2.10 bits per heavy atom. The van der Waals surface area contributed by atoms with E-state index in [1.807, 2.05) is 43.6 Å². The van der Waals surface area contributed by atoms with Crippen molar-refractivity contribution in [2.24, 2.45) is 0 Å². The molecular weight excluding hydrogens is 252 g/mol. The summed E-state index contributed by atoms with van der Waals surface area (Å²) in [5.74, 6) is 0.134. The lowest BCUT2D eigenvalue weighted by Crippen LogP contribution is -2.20. The molecule has 0 saturated carbocycles. The first kappa shape index (κ1) is 11.2. The largest absolute Gasteiger partial charge is 0.315 e. The number of carbonyl (C=O) groups excluding carboxylic acids is 1. The summed E-state index contributed by atoms with van der Waals surface area (Å²) >= 11 is 0. The van der Waals surface area contributed by atoms with Crippen LogP contribution in [0.5, 0.6) is 0 Å². The minimum atomic E-state index is 0.134. The predicted molar refractivity (Wildman–Crippen MR) is 75.5 cm³/mol. The lowest BCUT2D eigenvalue weighted by Gasteiger charge is -2.10. The summed E-state index contributed by atoms with van der Waals surface area (Å²) in [5, 5.41) is 4.52. The summed E-state index contributed by atoms with van der Waals surface area (Å²) < 4.78 is 1.75. The van der Waals surface area contributed by atoms with Crippen molar-refractivity contribution in [3.05, 3.63) is 48.3 Å². The molecule has 0 atom stereocenters. The molecule has 0 saturated heterocycles. The van der Waals surface area contributed by atoms with E-state index in [0.29, 0.717) is 6.42 Å². The molecule has 1 aromatic carbocycles. The minimum absolute atomic E-state index is 0.134. The monoisotopic (exact) mass is 264 g/mol. The molecule has 4 rings (SSSR count). The third-order valence-corrected chi connectivity index (χ3v) is 3.71. The van der Waals surface area contributed by atoms with Crippen LogP contribution < -0.4 is 4.90 Å². The summed E-state index contributed by atoms with van der Waals surface area (Å²) in [6.07, 6.45) is 4.01. The molecular formula is C15H12N4O. The Bertz CT molecular complexity index is 837. The highest BCUT2D eigenvalue weighted by molar-refractivity contribution is 6.01. The van der Waals surface area contributed by atoms with Gasteiger partial charge in [-0.1, -0.05) is 6.07 Å². The topological polar surface area (TPSA) is 50.5 Å². The molecule has 0 fully saturated rings. The zero-order chi connectivity index (χ0) is 13.7. The lowest BCUT2D eigenvalue weighted by molar-refractivity contribution is -0.117. The van der Waals surface area contributed by atoms with Crippen molar-refractivity contribution in [2.45, 2.75) is 6.42 Å². The number of likely N-dealkylation sites (N-methyl/N-ethyl adjacent to an activating group) is 1. The van der Waals surface area contributed by atoms with Crippen molar-refractivity contribution in [1.82, 2.24) is 14.6 Å². The summed E-state index contributed by atoms with van der Waals surface area (Å²) in [6.45, 7) is 0. The second-order valence-electron chi connectivity index (χ2n) is 4.92. The van der Waals surface area contributed by atoms with E-state index in [1.165, 1.54) is 0 Å². The number of aromatic nitrogens is 3. The second kappa shape index (κ2) is 3.90. The average Bonchev–Trinajstić information content (AvgIpc) is 3.03. The van der Waals surface area contributed by atoms with Crippen molar-refractivity contribution < 1.29 is 4.79 Å². The number of nitrogens with zero attached hydrogens (tertiary/aromatic N) is 4. The Labute approximate surface area is 115 Å². The highest BCUT2D eigenvalue weighted by atomic mass is 16.2. The molecule has 0 N–H and O–H groups in total. The van der Waals surface area contributed by atoms with Crippen LogP contribution in [0, 0.1) is 0 Å². The van der Waals surface area contributed by atoms with Crippen LogP contribution in [0.25, 0.3) is 16.9 Å². The molecule has 0 radical (unpaired) electrons. The van der Waals surface area contributed by atoms with Gasteiger partial charge in [-0.15, -0.1) is 0 Å². The van der Waals surface area contributed by atoms with Crippen LogP contribution in [0.4, 0.5) is 5.69 Å². The smallest absolute Gasteiger partial charge is 0.231 e. The van der Waals surface area contributed by atoms with Crippen molar-refractivity contribution in [2.75, 3.05) is 11.9 Å². The zero-order valence-corrected chi connectivity index (χ0v) is 10.9. The highest BCUT2D eigenvalue weighted by Crippen LogP contribution is 2.31. The fourth-order valence-electron chi connectivity index (χ4n) is 2.60. The molecule has 1 amide bonds. The van der Waals surface area contributed by atoms with Gasteiger partial charge >= 0.3 is 0 Å². The molecule has 2 aromatic heterocycles. The maximum absolute atomic E-state index is 11.7. The third-order valence-electron chi connectivity index (χ3n) is 3.71. The maximum Gasteiger partial charge on any atom is 0.231 e. The number of benzene rings is 1. The summed E-state index contributed by atoms with van der Waals surface area (Å²) in [5.41, 5.74) is 4.76. The Morgan fingerprint density at radius 1 is 1.20 bits per heavy atom. The summed E-state index contributed by atoms with van der Waals surface area (Å²) in [7, 11) is 1.81. The summed E-state index contributed by atoms with van der Waals surface area (Å²) in [4.78, 5) is 17.6. The van der Waals surface area contributed by atoms with E-state index in [0.717, 1.165) is 28.2 Å². The molecule has 1 aliphatic rings. The average molecular weight is 264 g/mol. The molecule has 3 heterocycles. The second-order valence-corrected chi connectivity index (χ2v) is 4.92. The van der Waals surface area contributed by atoms with Crippen LogP contribution in [0.15, 0.2) is 42.7 Å². The Hall–Kier alpha value is -2.69. The van der Waals surface area contributed by atoms with Crippen molar-refractivity contribution in [3.63, 3.8) is 0 Å². The molecule has 1 aliphatic heterocycles. The minimum Gasteiger partial charge on any atom is -0.315 e. The van der Waals surface area contributed by atoms with Gasteiger partial charge in [0.2, 0.25) is 5.91 Å². The molecule has 3 aromatic rings. The highest BCUT2D eigenvalue weighted by Gasteiger charge is 2.24. The molecule has 0 spiro atoms. The molecule has 5 nitrogen and oxygen atoms in total. The van der Waals surface area contributed by atoms with Crippen LogP contribution in [-0.2, 0) is 11.2 Å². The Balaban J connectivity index is 1.83. The number of fused-ring (bicyclic) bond motifs is 2. The molecule has 20 heavy (non-hydrogen) atoms. The fraction of sp³-hybridized carbons (Fsp3) is 0.133. The van der Waals surface area contributed by atoms with Crippen LogP contribution in [-0.4, -0.2) is 27.6 Å². The SMILES string of the molecule is CN1C(=O)Cc2cc(-c3ccc4nccn4n3)ccc21. The van der Waals surface area contributed by atoms with Crippen molar-refractivity contribution in [1.29, 1.82) is 0 Å². The quantitative estimate of drug-likeness (QED) is 0.674. The maximum atomic E-state index is 11.7. The van der Waals surface area contributed by atoms with Crippen molar-refractivity contribution in [3.8, 4) is 11.3 Å². The Kier molecular flexibility index (Phi) is 2.18. The number of hydrogen-bond acceptors (Lipinski definition) is 3. The van der Waals surface area contributed by atoms with Gasteiger partial charge in [-0.3, -0.25) is 4.79 Å². The van der Waals surface area contributed by atoms with Gasteiger partial charge in [0.05, 0.1) is 12.1 Å². The van der Waals surface area contributed by atoms with E-state index in [-0.39, 0.29) is 5.91 Å². The Morgan fingerprint density at radius 3 is 3.00 bits per heavy atom. The normalized spacial score (nSPS) is 14.1. The number of hydrogen-bond donors (Lipinski definition) is 0. The first-order chi connectivity index (χ1) is 9.72. The van der Waals surface area contributed by atoms with E-state index >= 15 is 0 Å². The van der Waals surface area contributed by atoms with Gasteiger partial charge in [0.15, 0.2) is 5.65 Å². The molecule has 0 aliphatic carbocycles. The van der Waals surface area contributed by atoms with Crippen LogP contribution in [0.3, 0.4) is 0 Å². The van der Waals surface area contributed by atoms with Gasteiger partial charge in [0.25, 0.3) is 0 Å². The van der Waals surface area contributed by atoms with Gasteiger partial charge < -0.3 is 4.90 Å². The number of carbonyl (C=O) groups is 1. The van der Waals surface area contributed by atoms with Crippen molar-refractivity contribution >= 4 is 17.2 Å². The number of anilines is 1. The number of imidazole rings is 1. The van der Waals surface area contributed by atoms with E-state index in [9.17, 15) is 4.79 Å². The standard InChI is InChI=1S/C15H12N4O/c1-18-13-4-2-10(8-11(13)9-15(18)20)12-3-5-14-16-6-7-19(14)17-12/h2-8H,9H2,1H3. The first-order valence-electron chi connectivity index (χ1n) is 6.42. The van der Waals surface area contributed by atoms with E-state index in [4.69, 9.17) is 0 Å². The van der Waals surface area contributed by atoms with E-state index < -0.39 is 0 Å². The molecule has 0 unspecified atom stereocenters. The van der Waals surface area contributed by atoms with Gasteiger partial charge in [0.1, 0.15) is 0 Å². The molecule has 5 heteroatoms. The third kappa shape index (κ3) is 1.53. The number of amides is 1. The lowest BCUT2D eigenvalue weighted by atomic mass is 10.1. The van der Waals surface area contributed by atoms with Gasteiger partial charge in [-0.25, -0.2) is 9.50 Å². The van der Waals surface area contributed by atoms with E-state index in [1.54, 1.807) is 15.6 Å². The van der Waals surface area contributed by atoms with Gasteiger partial charge in [-0.2, -0.15) is 5.10 Å². The zero-order valence-electron chi connectivity index (χ0n) is 10.9. The number of rotatable bonds is 1. The predicted octanol–water partition coefficient (Wildman–Crippen LogP) is 1.92. The summed E-state index contributed by atoms with van der Waals surface area (Å²) in [6, 6.07) is 9.91. The van der Waals surface area contributed by atoms with Gasteiger partial charge in [0, 0.05) is 30.7 Å². The fourth-order valence-corrected chi connectivity index (χ4v) is 2.60. The van der Waals surface area contributed by atoms with Crippen LogP contribution in [0.2, 0.25) is 0 Å².